The van der Waals surface area contributed by atoms with Crippen LogP contribution in [0.25, 0.3) is 0 Å². The van der Waals surface area contributed by atoms with E-state index in [1.54, 1.807) is 35.2 Å². The first-order valence-corrected chi connectivity index (χ1v) is 8.06. The third-order valence-corrected chi connectivity index (χ3v) is 4.36. The molecule has 1 saturated heterocycles. The minimum Gasteiger partial charge on any atom is -0.365 e. The number of nitrogens with one attached hydrogen (secondary N) is 1. The molecule has 0 aliphatic carbocycles. The van der Waals surface area contributed by atoms with Gasteiger partial charge in [-0.1, -0.05) is 6.07 Å². The average molecular weight is 343 g/mol. The molecule has 1 fully saturated rings. The minimum absolute atomic E-state index is 0.00467. The standard InChI is InChI=1S/C17H21N5O3/c1-21-16(24)8-14(17(21)12-4-3-6-18-9-12)20-15(23)11-25-10-13-5-7-19-22(13)2/h3-7,9,14,17H,8,10-11H2,1-2H3,(H,20,23)/t14-,17+/m1/s1. The summed E-state index contributed by atoms with van der Waals surface area (Å²) in [6.07, 6.45) is 5.35. The molecule has 3 heterocycles. The van der Waals surface area contributed by atoms with Crippen molar-refractivity contribution in [3.63, 3.8) is 0 Å². The summed E-state index contributed by atoms with van der Waals surface area (Å²) in [6.45, 7) is 0.235. The smallest absolute Gasteiger partial charge is 0.246 e. The van der Waals surface area contributed by atoms with Gasteiger partial charge >= 0.3 is 0 Å². The van der Waals surface area contributed by atoms with Crippen LogP contribution in [0.3, 0.4) is 0 Å². The summed E-state index contributed by atoms with van der Waals surface area (Å²) in [5.74, 6) is -0.251. The molecule has 0 aromatic carbocycles. The van der Waals surface area contributed by atoms with Gasteiger partial charge in [0.2, 0.25) is 11.8 Å². The van der Waals surface area contributed by atoms with Crippen LogP contribution < -0.4 is 5.32 Å². The number of aryl methyl sites for hydroxylation is 1. The minimum atomic E-state index is -0.297. The Morgan fingerprint density at radius 1 is 1.36 bits per heavy atom. The number of carbonyl (C=O) groups excluding carboxylic acids is 2. The molecule has 8 heteroatoms. The van der Waals surface area contributed by atoms with E-state index >= 15 is 0 Å². The zero-order chi connectivity index (χ0) is 17.8. The molecule has 25 heavy (non-hydrogen) atoms. The molecule has 1 aliphatic heterocycles. The Hall–Kier alpha value is -2.74. The van der Waals surface area contributed by atoms with Gasteiger partial charge in [-0.15, -0.1) is 0 Å². The van der Waals surface area contributed by atoms with E-state index in [0.717, 1.165) is 11.3 Å². The monoisotopic (exact) mass is 343 g/mol. The molecule has 8 nitrogen and oxygen atoms in total. The quantitative estimate of drug-likeness (QED) is 0.821. The van der Waals surface area contributed by atoms with Crippen molar-refractivity contribution in [3.05, 3.63) is 48.0 Å². The fourth-order valence-electron chi connectivity index (χ4n) is 3.05. The molecule has 0 radical (unpaired) electrons. The second-order valence-electron chi connectivity index (χ2n) is 6.05. The van der Waals surface area contributed by atoms with E-state index in [2.05, 4.69) is 15.4 Å². The lowest BCUT2D eigenvalue weighted by Gasteiger charge is -2.25. The van der Waals surface area contributed by atoms with Crippen LogP contribution in [0.15, 0.2) is 36.8 Å². The lowest BCUT2D eigenvalue weighted by molar-refractivity contribution is -0.128. The van der Waals surface area contributed by atoms with Crippen LogP contribution in [0.1, 0.15) is 23.7 Å². The zero-order valence-corrected chi connectivity index (χ0v) is 14.3. The van der Waals surface area contributed by atoms with Crippen LogP contribution in [-0.2, 0) is 28.0 Å². The maximum atomic E-state index is 12.2. The predicted molar refractivity (Wildman–Crippen MR) is 89.2 cm³/mol. The molecule has 0 unspecified atom stereocenters. The van der Waals surface area contributed by atoms with E-state index in [1.165, 1.54) is 0 Å². The van der Waals surface area contributed by atoms with Crippen molar-refractivity contribution in [2.45, 2.75) is 25.1 Å². The lowest BCUT2D eigenvalue weighted by Crippen LogP contribution is -2.40. The van der Waals surface area contributed by atoms with Crippen LogP contribution in [0.5, 0.6) is 0 Å². The Labute approximate surface area is 145 Å². The van der Waals surface area contributed by atoms with Gasteiger partial charge in [0, 0.05) is 39.1 Å². The topological polar surface area (TPSA) is 89.4 Å². The van der Waals surface area contributed by atoms with E-state index in [9.17, 15) is 9.59 Å². The maximum Gasteiger partial charge on any atom is 0.246 e. The van der Waals surface area contributed by atoms with Gasteiger partial charge in [0.15, 0.2) is 0 Å². The summed E-state index contributed by atoms with van der Waals surface area (Å²) in [5.41, 5.74) is 1.79. The number of likely N-dealkylation sites (N-methyl/N-ethyl adjacent to an activating group) is 1. The predicted octanol–water partition coefficient (Wildman–Crippen LogP) is 0.420. The third kappa shape index (κ3) is 3.85. The van der Waals surface area contributed by atoms with Gasteiger partial charge in [0.25, 0.3) is 0 Å². The molecule has 2 atom stereocenters. The molecule has 2 aromatic heterocycles. The highest BCUT2D eigenvalue weighted by Gasteiger charge is 2.39. The number of amides is 2. The second-order valence-corrected chi connectivity index (χ2v) is 6.05. The lowest BCUT2D eigenvalue weighted by atomic mass is 10.0. The van der Waals surface area contributed by atoms with Crippen LogP contribution in [-0.4, -0.2) is 51.2 Å². The molecule has 0 saturated carbocycles. The Kier molecular flexibility index (Phi) is 5.08. The summed E-state index contributed by atoms with van der Waals surface area (Å²) < 4.78 is 7.14. The highest BCUT2D eigenvalue weighted by molar-refractivity contribution is 5.83. The molecule has 0 bridgehead atoms. The summed E-state index contributed by atoms with van der Waals surface area (Å²) in [4.78, 5) is 30.0. The van der Waals surface area contributed by atoms with Crippen molar-refractivity contribution >= 4 is 11.8 Å². The van der Waals surface area contributed by atoms with Gasteiger partial charge in [-0.05, 0) is 17.7 Å². The van der Waals surface area contributed by atoms with Gasteiger partial charge in [-0.2, -0.15) is 5.10 Å². The first-order valence-electron chi connectivity index (χ1n) is 8.06. The average Bonchev–Trinajstić information content (AvgIpc) is 3.12. The van der Waals surface area contributed by atoms with Crippen LogP contribution >= 0.6 is 0 Å². The van der Waals surface area contributed by atoms with E-state index in [1.807, 2.05) is 25.2 Å². The molecular formula is C17H21N5O3. The zero-order valence-electron chi connectivity index (χ0n) is 14.3. The molecule has 1 N–H and O–H groups in total. The second kappa shape index (κ2) is 7.43. The molecule has 2 aromatic rings. The normalized spacial score (nSPS) is 20.1. The summed E-state index contributed by atoms with van der Waals surface area (Å²) in [6, 6.07) is 5.05. The molecular weight excluding hydrogens is 322 g/mol. The van der Waals surface area contributed by atoms with Crippen molar-refractivity contribution in [2.24, 2.45) is 7.05 Å². The number of nitrogens with zero attached hydrogens (tertiary/aromatic N) is 4. The number of hydrogen-bond donors (Lipinski definition) is 1. The Morgan fingerprint density at radius 3 is 2.88 bits per heavy atom. The SMILES string of the molecule is CN1C(=O)C[C@@H](NC(=O)COCc2ccnn2C)[C@@H]1c1cccnc1. The van der Waals surface area contributed by atoms with Gasteiger partial charge in [-0.3, -0.25) is 19.3 Å². The molecule has 132 valence electrons. The number of likely N-dealkylation sites (tertiary alicyclic amines) is 1. The van der Waals surface area contributed by atoms with Crippen molar-refractivity contribution in [3.8, 4) is 0 Å². The highest BCUT2D eigenvalue weighted by atomic mass is 16.5. The number of ether oxygens (including phenoxy) is 1. The molecule has 3 rings (SSSR count). The van der Waals surface area contributed by atoms with E-state index in [0.29, 0.717) is 6.61 Å². The van der Waals surface area contributed by atoms with Crippen LogP contribution in [0.4, 0.5) is 0 Å². The Morgan fingerprint density at radius 2 is 2.20 bits per heavy atom. The van der Waals surface area contributed by atoms with Gasteiger partial charge in [0.05, 0.1) is 24.4 Å². The van der Waals surface area contributed by atoms with Gasteiger partial charge in [-0.25, -0.2) is 0 Å². The summed E-state index contributed by atoms with van der Waals surface area (Å²) in [5, 5.41) is 6.95. The maximum absolute atomic E-state index is 12.2. The van der Waals surface area contributed by atoms with Crippen molar-refractivity contribution in [1.29, 1.82) is 0 Å². The van der Waals surface area contributed by atoms with E-state index in [-0.39, 0.29) is 36.9 Å². The van der Waals surface area contributed by atoms with Gasteiger partial charge < -0.3 is 15.0 Å². The fraction of sp³-hybridized carbons (Fsp3) is 0.412. The molecule has 0 spiro atoms. The third-order valence-electron chi connectivity index (χ3n) is 4.36. The Bertz CT molecular complexity index is 746. The van der Waals surface area contributed by atoms with Crippen molar-refractivity contribution < 1.29 is 14.3 Å². The first-order chi connectivity index (χ1) is 12.1. The Balaban J connectivity index is 1.57. The highest BCUT2D eigenvalue weighted by Crippen LogP contribution is 2.31. The first kappa shape index (κ1) is 17.1. The molecule has 2 amide bonds. The summed E-state index contributed by atoms with van der Waals surface area (Å²) >= 11 is 0. The fourth-order valence-corrected chi connectivity index (χ4v) is 3.05. The number of rotatable bonds is 6. The summed E-state index contributed by atoms with van der Waals surface area (Å²) in [7, 11) is 3.56. The largest absolute Gasteiger partial charge is 0.365 e. The van der Waals surface area contributed by atoms with Crippen LogP contribution in [0, 0.1) is 0 Å². The van der Waals surface area contributed by atoms with Crippen molar-refractivity contribution in [1.82, 2.24) is 25.0 Å². The van der Waals surface area contributed by atoms with Crippen LogP contribution in [0.2, 0.25) is 0 Å². The van der Waals surface area contributed by atoms with Gasteiger partial charge in [0.1, 0.15) is 6.61 Å². The van der Waals surface area contributed by atoms with E-state index in [4.69, 9.17) is 4.74 Å². The van der Waals surface area contributed by atoms with E-state index < -0.39 is 0 Å². The number of carbonyl (C=O) groups is 2. The number of pyridine rings is 1. The number of aromatic nitrogens is 3. The van der Waals surface area contributed by atoms with Crippen molar-refractivity contribution in [2.75, 3.05) is 13.7 Å². The molecule has 1 aliphatic rings. The number of hydrogen-bond acceptors (Lipinski definition) is 5.